The minimum Gasteiger partial charge on any atom is -0.480 e. The first-order valence-corrected chi connectivity index (χ1v) is 5.46. The molecule has 0 heterocycles. The van der Waals surface area contributed by atoms with E-state index in [1.807, 2.05) is 24.3 Å². The lowest BCUT2D eigenvalue weighted by atomic mass is 10.2. The topological polar surface area (TPSA) is 141 Å². The van der Waals surface area contributed by atoms with Crippen molar-refractivity contribution < 1.29 is 30.0 Å². The third kappa shape index (κ3) is 13.7. The number of carbonyl (C=O) groups is 2. The Kier molecular flexibility index (Phi) is 11.7. The second-order valence-corrected chi connectivity index (χ2v) is 3.44. The van der Waals surface area contributed by atoms with Gasteiger partial charge >= 0.3 is 11.9 Å². The Morgan fingerprint density at radius 3 is 1.85 bits per heavy atom. The minimum absolute atomic E-state index is 0.778. The molecule has 7 nitrogen and oxygen atoms in total. The summed E-state index contributed by atoms with van der Waals surface area (Å²) in [7, 11) is 0. The first-order chi connectivity index (χ1) is 9.24. The van der Waals surface area contributed by atoms with E-state index in [0.717, 1.165) is 11.3 Å². The van der Waals surface area contributed by atoms with Gasteiger partial charge in [0.1, 0.15) is 12.7 Å². The molecular weight excluding hydrogens is 266 g/mol. The molecule has 0 radical (unpaired) electrons. The molecule has 0 saturated carbocycles. The van der Waals surface area contributed by atoms with Crippen LogP contribution in [0, 0.1) is 0 Å². The Bertz CT molecular complexity index is 413. The summed E-state index contributed by atoms with van der Waals surface area (Å²) in [4.78, 5) is 18.6. The van der Waals surface area contributed by atoms with Crippen LogP contribution in [-0.2, 0) is 9.59 Å². The fourth-order valence-electron chi connectivity index (χ4n) is 0.632. The number of aliphatic hydroxyl groups excluding tert-OH is 2. The van der Waals surface area contributed by atoms with Crippen molar-refractivity contribution in [2.24, 2.45) is 0 Å². The number of nitrogen functional groups attached to an aromatic ring is 1. The van der Waals surface area contributed by atoms with Gasteiger partial charge in [0.15, 0.2) is 0 Å². The number of rotatable bonds is 3. The maximum absolute atomic E-state index is 9.45. The van der Waals surface area contributed by atoms with E-state index >= 15 is 0 Å². The van der Waals surface area contributed by atoms with Gasteiger partial charge in [-0.1, -0.05) is 24.8 Å². The van der Waals surface area contributed by atoms with Crippen LogP contribution in [0.1, 0.15) is 12.5 Å². The normalized spacial score (nSPS) is 9.95. The predicted octanol–water partition coefficient (Wildman–Crippen LogP) is 0.427. The lowest BCUT2D eigenvalue weighted by molar-refractivity contribution is -0.145. The quantitative estimate of drug-likeness (QED) is 0.507. The van der Waals surface area contributed by atoms with E-state index in [-0.39, 0.29) is 0 Å². The molecule has 0 saturated heterocycles. The highest BCUT2D eigenvalue weighted by molar-refractivity contribution is 5.71. The largest absolute Gasteiger partial charge is 0.480 e. The average molecular weight is 285 g/mol. The van der Waals surface area contributed by atoms with Gasteiger partial charge in [-0.25, -0.2) is 9.59 Å². The smallest absolute Gasteiger partial charge is 0.332 e. The highest BCUT2D eigenvalue weighted by Crippen LogP contribution is 2.05. The summed E-state index contributed by atoms with van der Waals surface area (Å²) >= 11 is 0. The summed E-state index contributed by atoms with van der Waals surface area (Å²) in [6.45, 7) is 4.04. The van der Waals surface area contributed by atoms with Crippen molar-refractivity contribution in [1.82, 2.24) is 0 Å². The summed E-state index contributed by atoms with van der Waals surface area (Å²) < 4.78 is 0. The molecular formula is C13H19NO6. The first-order valence-electron chi connectivity index (χ1n) is 5.46. The number of hydrogen-bond donors (Lipinski definition) is 5. The third-order valence-corrected chi connectivity index (χ3v) is 1.66. The van der Waals surface area contributed by atoms with Crippen LogP contribution in [0.25, 0.3) is 6.08 Å². The number of aliphatic hydroxyl groups is 2. The van der Waals surface area contributed by atoms with Gasteiger partial charge in [0.05, 0.1) is 0 Å². The van der Waals surface area contributed by atoms with Gasteiger partial charge in [0.25, 0.3) is 0 Å². The van der Waals surface area contributed by atoms with Gasteiger partial charge in [0, 0.05) is 5.69 Å². The van der Waals surface area contributed by atoms with E-state index in [1.54, 1.807) is 6.08 Å². The zero-order valence-corrected chi connectivity index (χ0v) is 11.1. The van der Waals surface area contributed by atoms with Crippen molar-refractivity contribution in [3.05, 3.63) is 36.4 Å². The number of anilines is 1. The SMILES string of the molecule is C=Cc1ccc(N)cc1.CC(O)C(=O)O.O=C(O)CO. The fourth-order valence-corrected chi connectivity index (χ4v) is 0.632. The Morgan fingerprint density at radius 2 is 1.65 bits per heavy atom. The number of hydrogen-bond acceptors (Lipinski definition) is 5. The Morgan fingerprint density at radius 1 is 1.30 bits per heavy atom. The van der Waals surface area contributed by atoms with E-state index in [9.17, 15) is 4.79 Å². The molecule has 0 aliphatic heterocycles. The highest BCUT2D eigenvalue weighted by Gasteiger charge is 2.01. The molecule has 1 aromatic rings. The highest BCUT2D eigenvalue weighted by atomic mass is 16.4. The van der Waals surface area contributed by atoms with Crippen LogP contribution in [0.4, 0.5) is 5.69 Å². The summed E-state index contributed by atoms with van der Waals surface area (Å²) in [6, 6.07) is 7.58. The molecule has 1 aromatic carbocycles. The Balaban J connectivity index is 0. The second-order valence-electron chi connectivity index (χ2n) is 3.44. The molecule has 0 fully saturated rings. The van der Waals surface area contributed by atoms with Crippen molar-refractivity contribution in [1.29, 1.82) is 0 Å². The second kappa shape index (κ2) is 11.7. The summed E-state index contributed by atoms with van der Waals surface area (Å²) in [6.07, 6.45) is 0.560. The number of carboxylic acid groups (broad SMARTS) is 2. The van der Waals surface area contributed by atoms with E-state index in [4.69, 9.17) is 31.0 Å². The molecule has 0 aliphatic rings. The zero-order valence-electron chi connectivity index (χ0n) is 11.1. The van der Waals surface area contributed by atoms with E-state index < -0.39 is 24.6 Å². The lowest BCUT2D eigenvalue weighted by Crippen LogP contribution is -2.13. The van der Waals surface area contributed by atoms with Crippen LogP contribution in [0.5, 0.6) is 0 Å². The van der Waals surface area contributed by atoms with Crippen LogP contribution >= 0.6 is 0 Å². The van der Waals surface area contributed by atoms with Gasteiger partial charge in [0.2, 0.25) is 0 Å². The van der Waals surface area contributed by atoms with E-state index in [0.29, 0.717) is 0 Å². The first kappa shape index (κ1) is 19.9. The van der Waals surface area contributed by atoms with Crippen LogP contribution in [0.3, 0.4) is 0 Å². The number of nitrogens with two attached hydrogens (primary N) is 1. The molecule has 0 bridgehead atoms. The molecule has 1 rings (SSSR count). The number of benzene rings is 1. The fraction of sp³-hybridized carbons (Fsp3) is 0.231. The minimum atomic E-state index is -1.23. The van der Waals surface area contributed by atoms with E-state index in [1.165, 1.54) is 6.92 Å². The zero-order chi connectivity index (χ0) is 16.1. The Hall–Kier alpha value is -2.38. The summed E-state index contributed by atoms with van der Waals surface area (Å²) in [5, 5.41) is 30.8. The molecule has 7 heteroatoms. The van der Waals surface area contributed by atoms with Crippen LogP contribution in [-0.4, -0.2) is 45.1 Å². The van der Waals surface area contributed by atoms with Crippen molar-refractivity contribution >= 4 is 23.7 Å². The lowest BCUT2D eigenvalue weighted by Gasteiger charge is -1.91. The van der Waals surface area contributed by atoms with Crippen molar-refractivity contribution in [3.8, 4) is 0 Å². The molecule has 112 valence electrons. The molecule has 1 unspecified atom stereocenters. The number of aliphatic carboxylic acids is 2. The standard InChI is InChI=1S/C8H9N.C3H6O3.C2H4O3/c1-2-7-3-5-8(9)6-4-7;1-2(4)3(5)6;3-1-2(4)5/h2-6H,1,9H2;2,4H,1H3,(H,5,6);3H,1H2,(H,4,5). The van der Waals surface area contributed by atoms with Crippen molar-refractivity contribution in [3.63, 3.8) is 0 Å². The van der Waals surface area contributed by atoms with Crippen LogP contribution in [0.2, 0.25) is 0 Å². The maximum atomic E-state index is 9.45. The van der Waals surface area contributed by atoms with Crippen LogP contribution < -0.4 is 5.73 Å². The van der Waals surface area contributed by atoms with E-state index in [2.05, 4.69) is 6.58 Å². The maximum Gasteiger partial charge on any atom is 0.332 e. The third-order valence-electron chi connectivity index (χ3n) is 1.66. The van der Waals surface area contributed by atoms with Crippen LogP contribution in [0.15, 0.2) is 30.8 Å². The van der Waals surface area contributed by atoms with Gasteiger partial charge in [-0.05, 0) is 24.6 Å². The van der Waals surface area contributed by atoms with Gasteiger partial charge in [-0.3, -0.25) is 0 Å². The Labute approximate surface area is 116 Å². The molecule has 0 spiro atoms. The summed E-state index contributed by atoms with van der Waals surface area (Å²) in [5.41, 5.74) is 7.34. The van der Waals surface area contributed by atoms with Crippen molar-refractivity contribution in [2.75, 3.05) is 12.3 Å². The van der Waals surface area contributed by atoms with Gasteiger partial charge < -0.3 is 26.2 Å². The molecule has 0 aromatic heterocycles. The molecule has 6 N–H and O–H groups in total. The van der Waals surface area contributed by atoms with Gasteiger partial charge in [-0.15, -0.1) is 0 Å². The number of carboxylic acids is 2. The molecule has 1 atom stereocenters. The monoisotopic (exact) mass is 285 g/mol. The molecule has 20 heavy (non-hydrogen) atoms. The molecule has 0 aliphatic carbocycles. The van der Waals surface area contributed by atoms with Gasteiger partial charge in [-0.2, -0.15) is 0 Å². The average Bonchev–Trinajstić information content (AvgIpc) is 2.41. The summed E-state index contributed by atoms with van der Waals surface area (Å²) in [5.74, 6) is -2.37. The van der Waals surface area contributed by atoms with Crippen molar-refractivity contribution in [2.45, 2.75) is 13.0 Å². The predicted molar refractivity (Wildman–Crippen MR) is 75.0 cm³/mol. The molecule has 0 amide bonds.